The average molecular weight is 300 g/mol. The molecular formula is C12H14BrNO3. The van der Waals surface area contributed by atoms with Gasteiger partial charge in [-0.25, -0.2) is 0 Å². The highest BCUT2D eigenvalue weighted by atomic mass is 79.9. The molecule has 0 saturated carbocycles. The third-order valence-corrected chi connectivity index (χ3v) is 2.94. The zero-order chi connectivity index (χ0) is 12.8. The summed E-state index contributed by atoms with van der Waals surface area (Å²) in [6.45, 7) is 0. The van der Waals surface area contributed by atoms with Crippen LogP contribution in [0.1, 0.15) is 23.7 Å². The van der Waals surface area contributed by atoms with E-state index in [4.69, 9.17) is 10.00 Å². The molecule has 1 rings (SSSR count). The van der Waals surface area contributed by atoms with Gasteiger partial charge in [0.05, 0.1) is 18.8 Å². The average Bonchev–Trinajstić information content (AvgIpc) is 2.36. The number of alkyl halides is 1. The summed E-state index contributed by atoms with van der Waals surface area (Å²) >= 11 is 3.19. The zero-order valence-electron chi connectivity index (χ0n) is 9.43. The molecular weight excluding hydrogens is 286 g/mol. The van der Waals surface area contributed by atoms with E-state index < -0.39 is 12.2 Å². The fourth-order valence-corrected chi connectivity index (χ4v) is 2.03. The first-order chi connectivity index (χ1) is 8.15. The number of ether oxygens (including phenoxy) is 1. The first kappa shape index (κ1) is 14.0. The molecule has 2 N–H and O–H groups in total. The highest BCUT2D eigenvalue weighted by molar-refractivity contribution is 9.09. The number of rotatable bonds is 5. The molecule has 1 aromatic carbocycles. The van der Waals surface area contributed by atoms with Crippen LogP contribution in [0.4, 0.5) is 0 Å². The van der Waals surface area contributed by atoms with Gasteiger partial charge in [0.2, 0.25) is 0 Å². The third-order valence-electron chi connectivity index (χ3n) is 2.48. The van der Waals surface area contributed by atoms with Crippen molar-refractivity contribution in [3.05, 3.63) is 29.3 Å². The summed E-state index contributed by atoms with van der Waals surface area (Å²) in [6.07, 6.45) is -1.59. The zero-order valence-corrected chi connectivity index (χ0v) is 11.0. The van der Waals surface area contributed by atoms with Crippen LogP contribution in [0.5, 0.6) is 5.75 Å². The number of nitrogens with zero attached hydrogens (tertiary/aromatic N) is 1. The first-order valence-corrected chi connectivity index (χ1v) is 6.27. The molecule has 5 heteroatoms. The molecule has 1 aromatic rings. The molecule has 0 aliphatic heterocycles. The summed E-state index contributed by atoms with van der Waals surface area (Å²) in [5, 5.41) is 29.3. The molecule has 0 fully saturated rings. The normalized spacial score (nSPS) is 13.8. The van der Waals surface area contributed by atoms with Gasteiger partial charge in [0.1, 0.15) is 17.9 Å². The number of nitriles is 1. The largest absolute Gasteiger partial charge is 0.495 e. The van der Waals surface area contributed by atoms with Crippen LogP contribution >= 0.6 is 15.9 Å². The number of aliphatic hydroxyl groups is 2. The number of hydrogen-bond donors (Lipinski definition) is 2. The number of halogens is 1. The number of aliphatic hydroxyl groups excluding tert-OH is 2. The van der Waals surface area contributed by atoms with Crippen molar-refractivity contribution in [2.24, 2.45) is 0 Å². The minimum atomic E-state index is -1.09. The number of methoxy groups -OCH3 is 1. The van der Waals surface area contributed by atoms with Gasteiger partial charge in [-0.05, 0) is 12.5 Å². The van der Waals surface area contributed by atoms with E-state index in [-0.39, 0.29) is 5.56 Å². The Kier molecular flexibility index (Phi) is 5.42. The summed E-state index contributed by atoms with van der Waals surface area (Å²) < 4.78 is 5.04. The van der Waals surface area contributed by atoms with Gasteiger partial charge in [-0.15, -0.1) is 0 Å². The van der Waals surface area contributed by atoms with Gasteiger partial charge in [-0.3, -0.25) is 0 Å². The standard InChI is InChI=1S/C12H14BrNO3/c1-17-11-4-2-3-8(9(11)7-14)12(16)10(15)5-6-13/h2-4,10,12,15-16H,5-6H2,1H3. The van der Waals surface area contributed by atoms with Crippen LogP contribution in [0.25, 0.3) is 0 Å². The molecule has 4 nitrogen and oxygen atoms in total. The lowest BCUT2D eigenvalue weighted by molar-refractivity contribution is 0.0171. The Hall–Kier alpha value is -1.09. The second kappa shape index (κ2) is 6.60. The van der Waals surface area contributed by atoms with Gasteiger partial charge >= 0.3 is 0 Å². The van der Waals surface area contributed by atoms with Crippen LogP contribution < -0.4 is 4.74 Å². The molecule has 0 bridgehead atoms. The number of benzene rings is 1. The van der Waals surface area contributed by atoms with E-state index in [1.54, 1.807) is 18.2 Å². The predicted octanol–water partition coefficient (Wildman–Crippen LogP) is 1.75. The van der Waals surface area contributed by atoms with Crippen molar-refractivity contribution in [3.63, 3.8) is 0 Å². The predicted molar refractivity (Wildman–Crippen MR) is 67.1 cm³/mol. The SMILES string of the molecule is COc1cccc(C(O)C(O)CCBr)c1C#N. The topological polar surface area (TPSA) is 73.5 Å². The molecule has 2 atom stereocenters. The van der Waals surface area contributed by atoms with Gasteiger partial charge in [0.25, 0.3) is 0 Å². The monoisotopic (exact) mass is 299 g/mol. The van der Waals surface area contributed by atoms with Crippen molar-refractivity contribution in [2.75, 3.05) is 12.4 Å². The van der Waals surface area contributed by atoms with Crippen molar-refractivity contribution in [1.82, 2.24) is 0 Å². The summed E-state index contributed by atoms with van der Waals surface area (Å²) in [7, 11) is 1.46. The minimum absolute atomic E-state index is 0.260. The molecule has 0 amide bonds. The fraction of sp³-hybridized carbons (Fsp3) is 0.417. The van der Waals surface area contributed by atoms with E-state index in [2.05, 4.69) is 15.9 Å². The molecule has 2 unspecified atom stereocenters. The lowest BCUT2D eigenvalue weighted by Crippen LogP contribution is -2.19. The second-order valence-electron chi connectivity index (χ2n) is 3.53. The maximum absolute atomic E-state index is 9.97. The van der Waals surface area contributed by atoms with Crippen LogP contribution in [0.2, 0.25) is 0 Å². The first-order valence-electron chi connectivity index (χ1n) is 5.14. The van der Waals surface area contributed by atoms with E-state index in [9.17, 15) is 10.2 Å². The maximum atomic E-state index is 9.97. The van der Waals surface area contributed by atoms with Crippen LogP contribution in [-0.2, 0) is 0 Å². The molecule has 92 valence electrons. The molecule has 0 aliphatic carbocycles. The van der Waals surface area contributed by atoms with Crippen LogP contribution in [0.3, 0.4) is 0 Å². The van der Waals surface area contributed by atoms with Gasteiger partial charge < -0.3 is 14.9 Å². The maximum Gasteiger partial charge on any atom is 0.137 e. The van der Waals surface area contributed by atoms with Gasteiger partial charge in [-0.1, -0.05) is 28.1 Å². The molecule has 0 radical (unpaired) electrons. The highest BCUT2D eigenvalue weighted by Crippen LogP contribution is 2.28. The summed E-state index contributed by atoms with van der Waals surface area (Å²) in [5.74, 6) is 0.398. The van der Waals surface area contributed by atoms with E-state index in [1.165, 1.54) is 7.11 Å². The van der Waals surface area contributed by atoms with Crippen molar-refractivity contribution >= 4 is 15.9 Å². The van der Waals surface area contributed by atoms with Gasteiger partial charge in [0, 0.05) is 10.9 Å². The van der Waals surface area contributed by atoms with E-state index in [0.717, 1.165) is 0 Å². The Bertz CT molecular complexity index is 417. The Balaban J connectivity index is 3.09. The summed E-state index contributed by atoms with van der Waals surface area (Å²) in [6, 6.07) is 6.92. The van der Waals surface area contributed by atoms with Crippen molar-refractivity contribution in [1.29, 1.82) is 5.26 Å². The lowest BCUT2D eigenvalue weighted by atomic mass is 9.97. The molecule has 0 saturated heterocycles. The Morgan fingerprint density at radius 2 is 2.18 bits per heavy atom. The second-order valence-corrected chi connectivity index (χ2v) is 4.32. The molecule has 0 heterocycles. The molecule has 17 heavy (non-hydrogen) atoms. The van der Waals surface area contributed by atoms with E-state index in [1.807, 2.05) is 6.07 Å². The fourth-order valence-electron chi connectivity index (χ4n) is 1.56. The third kappa shape index (κ3) is 3.19. The quantitative estimate of drug-likeness (QED) is 0.812. The number of hydrogen-bond acceptors (Lipinski definition) is 4. The highest BCUT2D eigenvalue weighted by Gasteiger charge is 2.22. The smallest absolute Gasteiger partial charge is 0.137 e. The molecule has 0 aliphatic rings. The van der Waals surface area contributed by atoms with Crippen LogP contribution in [0, 0.1) is 11.3 Å². The van der Waals surface area contributed by atoms with Crippen LogP contribution in [0.15, 0.2) is 18.2 Å². The summed E-state index contributed by atoms with van der Waals surface area (Å²) in [5.41, 5.74) is 0.649. The van der Waals surface area contributed by atoms with Crippen molar-refractivity contribution in [3.8, 4) is 11.8 Å². The Morgan fingerprint density at radius 1 is 1.47 bits per heavy atom. The Labute approximate surface area is 109 Å². The lowest BCUT2D eigenvalue weighted by Gasteiger charge is -2.19. The van der Waals surface area contributed by atoms with Crippen molar-refractivity contribution < 1.29 is 14.9 Å². The molecule has 0 aromatic heterocycles. The van der Waals surface area contributed by atoms with Gasteiger partial charge in [-0.2, -0.15) is 5.26 Å². The van der Waals surface area contributed by atoms with E-state index in [0.29, 0.717) is 23.1 Å². The minimum Gasteiger partial charge on any atom is -0.495 e. The van der Waals surface area contributed by atoms with Gasteiger partial charge in [0.15, 0.2) is 0 Å². The van der Waals surface area contributed by atoms with E-state index >= 15 is 0 Å². The van der Waals surface area contributed by atoms with Crippen molar-refractivity contribution in [2.45, 2.75) is 18.6 Å². The molecule has 0 spiro atoms. The Morgan fingerprint density at radius 3 is 2.71 bits per heavy atom. The summed E-state index contributed by atoms with van der Waals surface area (Å²) in [4.78, 5) is 0. The van der Waals surface area contributed by atoms with Crippen LogP contribution in [-0.4, -0.2) is 28.8 Å².